The first kappa shape index (κ1) is 14.0. The van der Waals surface area contributed by atoms with E-state index >= 15 is 0 Å². The quantitative estimate of drug-likeness (QED) is 0.658. The third-order valence-corrected chi connectivity index (χ3v) is 3.23. The molecule has 0 saturated heterocycles. The van der Waals surface area contributed by atoms with Gasteiger partial charge in [0.25, 0.3) is 0 Å². The van der Waals surface area contributed by atoms with Gasteiger partial charge in [-0.05, 0) is 11.8 Å². The van der Waals surface area contributed by atoms with Crippen molar-refractivity contribution in [1.82, 2.24) is 4.72 Å². The summed E-state index contributed by atoms with van der Waals surface area (Å²) in [5.41, 5.74) is 0.664. The van der Waals surface area contributed by atoms with Gasteiger partial charge < -0.3 is 5.73 Å². The van der Waals surface area contributed by atoms with Crippen molar-refractivity contribution >= 4 is 21.8 Å². The van der Waals surface area contributed by atoms with Crippen LogP contribution in [0.3, 0.4) is 0 Å². The average molecular weight is 252 g/mol. The fourth-order valence-electron chi connectivity index (χ4n) is 0.591. The summed E-state index contributed by atoms with van der Waals surface area (Å²) in [4.78, 5) is 0. The van der Waals surface area contributed by atoms with E-state index in [2.05, 4.69) is 0 Å². The van der Waals surface area contributed by atoms with Gasteiger partial charge in [-0.3, -0.25) is 0 Å². The topological polar surface area (TPSA) is 72.2 Å². The van der Waals surface area contributed by atoms with Crippen LogP contribution in [0, 0.1) is 0 Å². The molecule has 0 fully saturated rings. The van der Waals surface area contributed by atoms with E-state index in [4.69, 9.17) is 5.73 Å². The Morgan fingerprint density at radius 1 is 1.36 bits per heavy atom. The molecule has 0 aromatic rings. The van der Waals surface area contributed by atoms with Gasteiger partial charge in [0.05, 0.1) is 5.75 Å². The number of sulfonamides is 1. The first-order valence-corrected chi connectivity index (χ1v) is 6.29. The van der Waals surface area contributed by atoms with Gasteiger partial charge >= 0.3 is 5.51 Å². The fourth-order valence-corrected chi connectivity index (χ4v) is 2.02. The van der Waals surface area contributed by atoms with Crippen molar-refractivity contribution in [1.29, 1.82) is 0 Å². The highest BCUT2D eigenvalue weighted by Crippen LogP contribution is 2.29. The van der Waals surface area contributed by atoms with E-state index in [-0.39, 0.29) is 36.4 Å². The second kappa shape index (κ2) is 5.79. The van der Waals surface area contributed by atoms with E-state index in [1.807, 2.05) is 4.72 Å². The molecule has 0 radical (unpaired) electrons. The SMILES string of the molecule is NCCS(=O)(=O)NCCSC(F)(F)F. The third-order valence-electron chi connectivity index (χ3n) is 1.08. The molecule has 0 aromatic heterocycles. The van der Waals surface area contributed by atoms with Crippen LogP contribution in [0.5, 0.6) is 0 Å². The molecule has 0 amide bonds. The molecule has 0 aliphatic rings. The van der Waals surface area contributed by atoms with Crippen LogP contribution in [0.2, 0.25) is 0 Å². The van der Waals surface area contributed by atoms with E-state index in [0.29, 0.717) is 0 Å². The molecule has 0 unspecified atom stereocenters. The summed E-state index contributed by atoms with van der Waals surface area (Å²) in [6.07, 6.45) is 0. The van der Waals surface area contributed by atoms with Crippen molar-refractivity contribution in [3.05, 3.63) is 0 Å². The molecule has 0 saturated carbocycles. The van der Waals surface area contributed by atoms with Gasteiger partial charge in [0.15, 0.2) is 0 Å². The fraction of sp³-hybridized carbons (Fsp3) is 1.00. The van der Waals surface area contributed by atoms with Crippen LogP contribution in [0.1, 0.15) is 0 Å². The highest BCUT2D eigenvalue weighted by Gasteiger charge is 2.27. The van der Waals surface area contributed by atoms with E-state index < -0.39 is 15.5 Å². The van der Waals surface area contributed by atoms with Crippen LogP contribution in [0.25, 0.3) is 0 Å². The molecule has 9 heteroatoms. The van der Waals surface area contributed by atoms with Crippen molar-refractivity contribution in [3.63, 3.8) is 0 Å². The first-order valence-electron chi connectivity index (χ1n) is 3.65. The molecule has 0 rings (SSSR count). The molecule has 0 spiro atoms. The van der Waals surface area contributed by atoms with Gasteiger partial charge in [0.2, 0.25) is 10.0 Å². The Labute approximate surface area is 84.5 Å². The minimum absolute atomic E-state index is 0.0538. The van der Waals surface area contributed by atoms with Gasteiger partial charge in [-0.2, -0.15) is 13.2 Å². The number of alkyl halides is 3. The highest BCUT2D eigenvalue weighted by atomic mass is 32.2. The minimum Gasteiger partial charge on any atom is -0.329 e. The van der Waals surface area contributed by atoms with Crippen LogP contribution in [-0.4, -0.2) is 38.5 Å². The van der Waals surface area contributed by atoms with Crippen LogP contribution >= 0.6 is 11.8 Å². The van der Waals surface area contributed by atoms with Gasteiger partial charge in [0.1, 0.15) is 0 Å². The molecule has 0 bridgehead atoms. The van der Waals surface area contributed by atoms with Crippen LogP contribution in [0.4, 0.5) is 13.2 Å². The lowest BCUT2D eigenvalue weighted by Crippen LogP contribution is -2.31. The van der Waals surface area contributed by atoms with E-state index in [1.165, 1.54) is 0 Å². The largest absolute Gasteiger partial charge is 0.441 e. The minimum atomic E-state index is -4.32. The number of nitrogens with two attached hydrogens (primary N) is 1. The van der Waals surface area contributed by atoms with Gasteiger partial charge in [-0.1, -0.05) is 0 Å². The molecule has 3 N–H and O–H groups in total. The van der Waals surface area contributed by atoms with Crippen LogP contribution < -0.4 is 10.5 Å². The smallest absolute Gasteiger partial charge is 0.329 e. The molecule has 14 heavy (non-hydrogen) atoms. The number of thioether (sulfide) groups is 1. The lowest BCUT2D eigenvalue weighted by molar-refractivity contribution is -0.0327. The number of hydrogen-bond donors (Lipinski definition) is 2. The zero-order valence-corrected chi connectivity index (χ0v) is 8.81. The zero-order chi connectivity index (χ0) is 11.2. The van der Waals surface area contributed by atoms with Crippen molar-refractivity contribution in [2.75, 3.05) is 24.6 Å². The second-order valence-corrected chi connectivity index (χ2v) is 5.38. The number of hydrogen-bond acceptors (Lipinski definition) is 4. The highest BCUT2D eigenvalue weighted by molar-refractivity contribution is 8.00. The summed E-state index contributed by atoms with van der Waals surface area (Å²) in [6, 6.07) is 0. The monoisotopic (exact) mass is 252 g/mol. The first-order chi connectivity index (χ1) is 6.27. The molecule has 0 aromatic carbocycles. The Bertz CT molecular complexity index is 252. The Balaban J connectivity index is 3.65. The van der Waals surface area contributed by atoms with E-state index in [9.17, 15) is 21.6 Å². The van der Waals surface area contributed by atoms with E-state index in [1.54, 1.807) is 0 Å². The molecule has 4 nitrogen and oxygen atoms in total. The maximum atomic E-state index is 11.6. The summed E-state index contributed by atoms with van der Waals surface area (Å²) in [5, 5.41) is 0. The maximum Gasteiger partial charge on any atom is 0.441 e. The summed E-state index contributed by atoms with van der Waals surface area (Å²) in [5.74, 6) is -0.614. The zero-order valence-electron chi connectivity index (χ0n) is 7.17. The number of halogens is 3. The molecule has 0 aliphatic heterocycles. The predicted molar refractivity (Wildman–Crippen MR) is 49.4 cm³/mol. The Hall–Kier alpha value is 0.01000. The maximum absolute atomic E-state index is 11.6. The van der Waals surface area contributed by atoms with Crippen LogP contribution in [-0.2, 0) is 10.0 Å². The molecule has 86 valence electrons. The number of rotatable bonds is 6. The summed E-state index contributed by atoms with van der Waals surface area (Å²) < 4.78 is 58.5. The Morgan fingerprint density at radius 2 is 1.93 bits per heavy atom. The van der Waals surface area contributed by atoms with Crippen molar-refractivity contribution in [3.8, 4) is 0 Å². The summed E-state index contributed by atoms with van der Waals surface area (Å²) in [7, 11) is -3.51. The normalized spacial score (nSPS) is 13.1. The molecule has 0 heterocycles. The molecular formula is C5H11F3N2O2S2. The van der Waals surface area contributed by atoms with Crippen molar-refractivity contribution in [2.45, 2.75) is 5.51 Å². The Kier molecular flexibility index (Phi) is 5.79. The van der Waals surface area contributed by atoms with Gasteiger partial charge in [-0.25, -0.2) is 13.1 Å². The molecule has 0 atom stereocenters. The third kappa shape index (κ3) is 8.60. The molecular weight excluding hydrogens is 241 g/mol. The second-order valence-electron chi connectivity index (χ2n) is 2.30. The predicted octanol–water partition coefficient (Wildman–Crippen LogP) is 0.118. The van der Waals surface area contributed by atoms with E-state index in [0.717, 1.165) is 0 Å². The standard InChI is InChI=1S/C5H11F3N2O2S2/c6-5(7,8)13-3-2-10-14(11,12)4-1-9/h10H,1-4,9H2. The summed E-state index contributed by atoms with van der Waals surface area (Å²) >= 11 is -0.266. The lowest BCUT2D eigenvalue weighted by atomic mass is 10.8. The number of nitrogens with one attached hydrogen (secondary N) is 1. The van der Waals surface area contributed by atoms with Crippen molar-refractivity contribution in [2.24, 2.45) is 5.73 Å². The van der Waals surface area contributed by atoms with Crippen LogP contribution in [0.15, 0.2) is 0 Å². The lowest BCUT2D eigenvalue weighted by Gasteiger charge is -2.06. The van der Waals surface area contributed by atoms with Crippen molar-refractivity contribution < 1.29 is 21.6 Å². The Morgan fingerprint density at radius 3 is 2.36 bits per heavy atom. The average Bonchev–Trinajstić information content (AvgIpc) is 1.96. The van der Waals surface area contributed by atoms with Gasteiger partial charge in [0, 0.05) is 18.8 Å². The summed E-state index contributed by atoms with van der Waals surface area (Å²) in [6.45, 7) is -0.297. The molecule has 0 aliphatic carbocycles. The van der Waals surface area contributed by atoms with Gasteiger partial charge in [-0.15, -0.1) is 0 Å².